The molecule has 1 aromatic rings. The van der Waals surface area contributed by atoms with Crippen molar-refractivity contribution in [1.29, 1.82) is 5.26 Å². The maximum Gasteiger partial charge on any atom is 0.329 e. The molecule has 0 saturated heterocycles. The second kappa shape index (κ2) is 7.47. The van der Waals surface area contributed by atoms with Gasteiger partial charge in [-0.3, -0.25) is 9.08 Å². The van der Waals surface area contributed by atoms with Gasteiger partial charge in [0.15, 0.2) is 0 Å². The van der Waals surface area contributed by atoms with E-state index in [1.54, 1.807) is 11.5 Å². The smallest absolute Gasteiger partial charge is 0.299 e. The third-order valence-corrected chi connectivity index (χ3v) is 7.90. The lowest BCUT2D eigenvalue weighted by atomic mass is 9.85. The van der Waals surface area contributed by atoms with Crippen LogP contribution in [0, 0.1) is 29.6 Å². The Morgan fingerprint density at radius 3 is 2.86 bits per heavy atom. The van der Waals surface area contributed by atoms with E-state index in [2.05, 4.69) is 11.2 Å². The van der Waals surface area contributed by atoms with Crippen molar-refractivity contribution in [1.82, 2.24) is 0 Å². The number of thioether (sulfide) groups is 1. The van der Waals surface area contributed by atoms with Crippen LogP contribution in [-0.2, 0) is 19.2 Å². The summed E-state index contributed by atoms with van der Waals surface area (Å²) in [5, 5.41) is 15.6. The van der Waals surface area contributed by atoms with Gasteiger partial charge in [-0.15, -0.1) is 0 Å². The van der Waals surface area contributed by atoms with E-state index in [0.29, 0.717) is 41.4 Å². The minimum Gasteiger partial charge on any atom is -0.299 e. The number of oxime groups is 1. The number of carbonyl (C=O) groups excluding carboxylic acids is 1. The zero-order valence-electron chi connectivity index (χ0n) is 15.9. The summed E-state index contributed by atoms with van der Waals surface area (Å²) in [5.41, 5.74) is 1.83. The van der Waals surface area contributed by atoms with E-state index in [1.807, 2.05) is 31.2 Å². The number of aryl methyl sites for hydroxylation is 1. The maximum absolute atomic E-state index is 12.5. The van der Waals surface area contributed by atoms with E-state index >= 15 is 0 Å². The summed E-state index contributed by atoms with van der Waals surface area (Å²) in [6, 6.07) is 9.68. The molecule has 0 aromatic heterocycles. The number of carbonyl (C=O) groups is 1. The molecule has 0 N–H and O–H groups in total. The predicted molar refractivity (Wildman–Crippen MR) is 112 cm³/mol. The summed E-state index contributed by atoms with van der Waals surface area (Å²) in [7, 11) is -4.01. The zero-order valence-corrected chi connectivity index (χ0v) is 17.6. The van der Waals surface area contributed by atoms with E-state index in [-0.39, 0.29) is 11.5 Å². The number of hydrogen-bond acceptors (Lipinski definition) is 7. The van der Waals surface area contributed by atoms with Gasteiger partial charge in [-0.1, -0.05) is 41.2 Å². The number of hydrogen-bond donors (Lipinski definition) is 0. The van der Waals surface area contributed by atoms with Crippen molar-refractivity contribution in [3.8, 4) is 6.07 Å². The number of fused-ring (bicyclic) bond motifs is 2. The summed E-state index contributed by atoms with van der Waals surface area (Å²) in [6.45, 7) is 1.91. The van der Waals surface area contributed by atoms with Crippen molar-refractivity contribution >= 4 is 38.3 Å². The molecule has 2 saturated carbocycles. The first-order chi connectivity index (χ1) is 13.8. The van der Waals surface area contributed by atoms with Gasteiger partial charge in [0.2, 0.25) is 0 Å². The van der Waals surface area contributed by atoms with Crippen LogP contribution in [0.25, 0.3) is 5.57 Å². The Labute approximate surface area is 174 Å². The lowest BCUT2D eigenvalue weighted by molar-refractivity contribution is -0.125. The molecule has 0 radical (unpaired) electrons. The van der Waals surface area contributed by atoms with Crippen LogP contribution in [0.2, 0.25) is 0 Å². The first kappa shape index (κ1) is 19.9. The van der Waals surface area contributed by atoms with Crippen molar-refractivity contribution in [3.63, 3.8) is 0 Å². The molecule has 1 aliphatic heterocycles. The van der Waals surface area contributed by atoms with Crippen LogP contribution in [0.1, 0.15) is 36.8 Å². The van der Waals surface area contributed by atoms with E-state index in [0.717, 1.165) is 17.5 Å². The quantitative estimate of drug-likeness (QED) is 0.520. The average Bonchev–Trinajstić information content (AvgIpc) is 3.36. The number of benzene rings is 1. The Balaban J connectivity index is 1.59. The Bertz CT molecular complexity index is 1110. The molecule has 2 unspecified atom stereocenters. The summed E-state index contributed by atoms with van der Waals surface area (Å²) in [6.07, 6.45) is 4.32. The minimum absolute atomic E-state index is 0.0254. The van der Waals surface area contributed by atoms with Gasteiger partial charge in [-0.25, -0.2) is 0 Å². The zero-order chi connectivity index (χ0) is 20.6. The molecule has 1 heterocycles. The van der Waals surface area contributed by atoms with Gasteiger partial charge in [0.1, 0.15) is 22.6 Å². The SMILES string of the molecule is Cc1ccccc1C(C#N)=C1C=CSC1=NOS(=O)(=O)CC12CCC(CC1=O)C2. The van der Waals surface area contributed by atoms with E-state index in [4.69, 9.17) is 4.28 Å². The third kappa shape index (κ3) is 3.77. The molecular weight excluding hydrogens is 408 g/mol. The fourth-order valence-corrected chi connectivity index (χ4v) is 6.59. The van der Waals surface area contributed by atoms with Gasteiger partial charge in [-0.2, -0.15) is 13.7 Å². The number of allylic oxidation sites excluding steroid dienone is 2. The number of nitriles is 1. The highest BCUT2D eigenvalue weighted by molar-refractivity contribution is 8.17. The van der Waals surface area contributed by atoms with Crippen LogP contribution in [0.15, 0.2) is 46.5 Å². The fourth-order valence-electron chi connectivity index (χ4n) is 4.49. The molecule has 3 aliphatic rings. The molecule has 150 valence electrons. The maximum atomic E-state index is 12.5. The van der Waals surface area contributed by atoms with Crippen molar-refractivity contribution in [2.45, 2.75) is 32.6 Å². The number of nitrogens with zero attached hydrogens (tertiary/aromatic N) is 2. The topological polar surface area (TPSA) is 96.6 Å². The molecule has 2 bridgehead atoms. The summed E-state index contributed by atoms with van der Waals surface area (Å²) < 4.78 is 30.1. The normalized spacial score (nSPS) is 28.8. The predicted octanol–water partition coefficient (Wildman–Crippen LogP) is 3.95. The molecule has 4 rings (SSSR count). The molecule has 6 nitrogen and oxygen atoms in total. The Morgan fingerprint density at radius 2 is 2.21 bits per heavy atom. The van der Waals surface area contributed by atoms with Gasteiger partial charge in [-0.05, 0) is 54.7 Å². The molecular formula is C21H20N2O4S2. The minimum atomic E-state index is -4.01. The molecule has 2 atom stereocenters. The van der Waals surface area contributed by atoms with E-state index in [9.17, 15) is 18.5 Å². The van der Waals surface area contributed by atoms with Crippen LogP contribution < -0.4 is 0 Å². The van der Waals surface area contributed by atoms with Crippen LogP contribution in [-0.4, -0.2) is 25.0 Å². The molecule has 29 heavy (non-hydrogen) atoms. The lowest BCUT2D eigenvalue weighted by Crippen LogP contribution is -2.33. The third-order valence-electron chi connectivity index (χ3n) is 5.90. The van der Waals surface area contributed by atoms with Crippen LogP contribution >= 0.6 is 11.8 Å². The Morgan fingerprint density at radius 1 is 1.41 bits per heavy atom. The molecule has 0 amide bonds. The van der Waals surface area contributed by atoms with Gasteiger partial charge in [0, 0.05) is 17.4 Å². The fraction of sp³-hybridized carbons (Fsp3) is 0.381. The Kier molecular flexibility index (Phi) is 5.13. The van der Waals surface area contributed by atoms with Gasteiger partial charge in [0.25, 0.3) is 0 Å². The Hall–Kier alpha value is -2.37. The summed E-state index contributed by atoms with van der Waals surface area (Å²) in [5.74, 6) is 0.00410. The largest absolute Gasteiger partial charge is 0.329 e. The van der Waals surface area contributed by atoms with E-state index in [1.165, 1.54) is 11.8 Å². The first-order valence-corrected chi connectivity index (χ1v) is 11.9. The molecule has 1 aromatic carbocycles. The first-order valence-electron chi connectivity index (χ1n) is 9.40. The van der Waals surface area contributed by atoms with Crippen molar-refractivity contribution in [2.24, 2.45) is 16.5 Å². The highest BCUT2D eigenvalue weighted by atomic mass is 32.2. The molecule has 2 fully saturated rings. The second-order valence-corrected chi connectivity index (χ2v) is 10.3. The number of Topliss-reactive ketones (excluding diaryl/α,β-unsaturated/α-hetero) is 1. The highest BCUT2D eigenvalue weighted by Crippen LogP contribution is 2.52. The van der Waals surface area contributed by atoms with Crippen LogP contribution in [0.5, 0.6) is 0 Å². The van der Waals surface area contributed by atoms with Crippen molar-refractivity contribution in [3.05, 3.63) is 52.4 Å². The van der Waals surface area contributed by atoms with Crippen LogP contribution in [0.4, 0.5) is 0 Å². The number of ketones is 1. The van der Waals surface area contributed by atoms with Crippen LogP contribution in [0.3, 0.4) is 0 Å². The summed E-state index contributed by atoms with van der Waals surface area (Å²) >= 11 is 1.20. The molecule has 8 heteroatoms. The molecule has 0 spiro atoms. The van der Waals surface area contributed by atoms with Crippen molar-refractivity contribution < 1.29 is 17.5 Å². The highest BCUT2D eigenvalue weighted by Gasteiger charge is 2.54. The second-order valence-electron chi connectivity index (χ2n) is 7.83. The lowest BCUT2D eigenvalue weighted by Gasteiger charge is -2.23. The van der Waals surface area contributed by atoms with Gasteiger partial charge >= 0.3 is 10.1 Å². The number of rotatable bonds is 5. The van der Waals surface area contributed by atoms with Crippen molar-refractivity contribution in [2.75, 3.05) is 5.75 Å². The average molecular weight is 429 g/mol. The monoisotopic (exact) mass is 428 g/mol. The molecule has 2 aliphatic carbocycles. The van der Waals surface area contributed by atoms with Gasteiger partial charge in [0.05, 0.1) is 5.57 Å². The standard InChI is InChI=1S/C21H20N2O4S2/c1-14-4-2-3-5-16(14)18(12-22)17-7-9-28-20(17)23-27-29(25,26)13-21-8-6-15(11-21)10-19(21)24/h2-5,7,9,15H,6,8,10-11,13H2,1H3. The summed E-state index contributed by atoms with van der Waals surface area (Å²) in [4.78, 5) is 12.3. The van der Waals surface area contributed by atoms with E-state index < -0.39 is 15.5 Å². The van der Waals surface area contributed by atoms with Gasteiger partial charge < -0.3 is 0 Å².